The molecule has 2 unspecified atom stereocenters. The first-order chi connectivity index (χ1) is 18.4. The van der Waals surface area contributed by atoms with Gasteiger partial charge in [-0.05, 0) is 56.5 Å². The Labute approximate surface area is 228 Å². The average Bonchev–Trinajstić information content (AvgIpc) is 2.87. The molecule has 11 nitrogen and oxygen atoms in total. The van der Waals surface area contributed by atoms with Crippen LogP contribution in [0.1, 0.15) is 43.5 Å². The van der Waals surface area contributed by atoms with E-state index in [2.05, 4.69) is 15.4 Å². The number of phenols is 1. The number of amides is 3. The van der Waals surface area contributed by atoms with E-state index >= 15 is 0 Å². The molecule has 0 aliphatic rings. The van der Waals surface area contributed by atoms with Crippen molar-refractivity contribution in [3.8, 4) is 5.75 Å². The Balaban J connectivity index is 2.53. The molecule has 2 rings (SSSR count). The lowest BCUT2D eigenvalue weighted by atomic mass is 9.99. The molecule has 0 aliphatic heterocycles. The summed E-state index contributed by atoms with van der Waals surface area (Å²) in [6.07, 6.45) is -0.751. The van der Waals surface area contributed by atoms with Crippen molar-refractivity contribution in [2.45, 2.75) is 51.8 Å². The molecule has 2 aromatic carbocycles. The number of aliphatic hydroxyl groups excluding tert-OH is 1. The molecule has 0 spiro atoms. The zero-order valence-electron chi connectivity index (χ0n) is 22.9. The van der Waals surface area contributed by atoms with Crippen LogP contribution in [-0.4, -0.2) is 77.4 Å². The largest absolute Gasteiger partial charge is 0.508 e. The molecule has 0 fully saturated rings. The molecule has 0 saturated carbocycles. The third kappa shape index (κ3) is 9.60. The van der Waals surface area contributed by atoms with E-state index in [1.807, 2.05) is 6.07 Å². The number of aromatic hydroxyl groups is 1. The Kier molecular flexibility index (Phi) is 11.3. The minimum atomic E-state index is -1.31. The highest BCUT2D eigenvalue weighted by molar-refractivity contribution is 5.93. The first-order valence-electron chi connectivity index (χ1n) is 12.4. The van der Waals surface area contributed by atoms with Crippen molar-refractivity contribution >= 4 is 23.9 Å². The van der Waals surface area contributed by atoms with Crippen LogP contribution in [0.15, 0.2) is 48.5 Å². The van der Waals surface area contributed by atoms with Crippen molar-refractivity contribution in [3.63, 3.8) is 0 Å². The second-order valence-corrected chi connectivity index (χ2v) is 9.89. The number of nitrogens with zero attached hydrogens (tertiary/aromatic N) is 1. The number of aryl methyl sites for hydroxylation is 1. The van der Waals surface area contributed by atoms with Crippen molar-refractivity contribution in [3.05, 3.63) is 65.2 Å². The molecule has 0 aromatic heterocycles. The van der Waals surface area contributed by atoms with Gasteiger partial charge in [0.25, 0.3) is 0 Å². The number of alkyl carbamates (subject to hydrolysis) is 1. The highest BCUT2D eigenvalue weighted by atomic mass is 16.6. The van der Waals surface area contributed by atoms with E-state index in [0.717, 1.165) is 10.5 Å². The number of ether oxygens (including phenoxy) is 2. The number of hydrogen-bond donors (Lipinski definition) is 4. The monoisotopic (exact) mass is 543 g/mol. The van der Waals surface area contributed by atoms with Gasteiger partial charge in [-0.15, -0.1) is 0 Å². The second kappa shape index (κ2) is 14.1. The standard InChI is InChI=1S/C28H37N3O8/c1-18-15-20(11-12-22(18)33)24(25(35)29-17-23(34)38-5)31(13-14-32)26(36)21(16-19-9-7-6-8-10-19)30-27(37)39-28(2,3)4/h6-12,15,21,24,32-33H,13-14,16-17H2,1-5H3,(H,29,35)(H,30,37). The topological polar surface area (TPSA) is 154 Å². The fraction of sp³-hybridized carbons (Fsp3) is 0.429. The van der Waals surface area contributed by atoms with Gasteiger partial charge in [0.1, 0.15) is 30.0 Å². The molecule has 0 aliphatic carbocycles. The van der Waals surface area contributed by atoms with Crippen molar-refractivity contribution in [2.24, 2.45) is 0 Å². The van der Waals surface area contributed by atoms with Gasteiger partial charge in [0.05, 0.1) is 13.7 Å². The Morgan fingerprint density at radius 3 is 2.28 bits per heavy atom. The highest BCUT2D eigenvalue weighted by Crippen LogP contribution is 2.27. The van der Waals surface area contributed by atoms with E-state index in [4.69, 9.17) is 4.74 Å². The zero-order chi connectivity index (χ0) is 29.2. The first kappa shape index (κ1) is 31.1. The normalized spacial score (nSPS) is 12.6. The third-order valence-electron chi connectivity index (χ3n) is 5.63. The number of carbonyl (C=O) groups is 4. The van der Waals surface area contributed by atoms with Crippen molar-refractivity contribution in [2.75, 3.05) is 26.8 Å². The van der Waals surface area contributed by atoms with E-state index in [1.165, 1.54) is 25.3 Å². The van der Waals surface area contributed by atoms with E-state index < -0.39 is 54.7 Å². The van der Waals surface area contributed by atoms with Crippen LogP contribution in [0.4, 0.5) is 4.79 Å². The van der Waals surface area contributed by atoms with E-state index in [9.17, 15) is 29.4 Å². The van der Waals surface area contributed by atoms with Gasteiger partial charge in [-0.1, -0.05) is 36.4 Å². The smallest absolute Gasteiger partial charge is 0.408 e. The van der Waals surface area contributed by atoms with E-state index in [0.29, 0.717) is 11.1 Å². The summed E-state index contributed by atoms with van der Waals surface area (Å²) in [5.74, 6) is -2.09. The molecule has 11 heteroatoms. The average molecular weight is 544 g/mol. The van der Waals surface area contributed by atoms with Gasteiger partial charge < -0.3 is 35.2 Å². The lowest BCUT2D eigenvalue weighted by Crippen LogP contribution is -2.54. The van der Waals surface area contributed by atoms with Crippen molar-refractivity contribution in [1.29, 1.82) is 0 Å². The maximum atomic E-state index is 14.0. The minimum Gasteiger partial charge on any atom is -0.508 e. The molecule has 2 aromatic rings. The summed E-state index contributed by atoms with van der Waals surface area (Å²) >= 11 is 0. The van der Waals surface area contributed by atoms with Gasteiger partial charge in [0.2, 0.25) is 11.8 Å². The van der Waals surface area contributed by atoms with Gasteiger partial charge in [-0.25, -0.2) is 4.79 Å². The fourth-order valence-electron chi connectivity index (χ4n) is 3.82. The summed E-state index contributed by atoms with van der Waals surface area (Å²) in [6.45, 7) is 5.48. The molecule has 0 saturated heterocycles. The summed E-state index contributed by atoms with van der Waals surface area (Å²) in [6, 6.07) is 10.9. The van der Waals surface area contributed by atoms with Crippen molar-refractivity contribution in [1.82, 2.24) is 15.5 Å². The lowest BCUT2D eigenvalue weighted by Gasteiger charge is -2.34. The van der Waals surface area contributed by atoms with Crippen LogP contribution < -0.4 is 10.6 Å². The summed E-state index contributed by atoms with van der Waals surface area (Å²) in [4.78, 5) is 53.0. The fourth-order valence-corrected chi connectivity index (χ4v) is 3.82. The Bertz CT molecular complexity index is 1150. The van der Waals surface area contributed by atoms with Crippen LogP contribution in [0, 0.1) is 6.92 Å². The summed E-state index contributed by atoms with van der Waals surface area (Å²) in [7, 11) is 1.17. The predicted molar refractivity (Wildman–Crippen MR) is 143 cm³/mol. The molecule has 0 radical (unpaired) electrons. The van der Waals surface area contributed by atoms with Crippen LogP contribution in [-0.2, 0) is 30.3 Å². The first-order valence-corrected chi connectivity index (χ1v) is 12.4. The number of rotatable bonds is 11. The molecule has 3 amide bonds. The predicted octanol–water partition coefficient (Wildman–Crippen LogP) is 1.99. The Morgan fingerprint density at radius 2 is 1.72 bits per heavy atom. The molecule has 2 atom stereocenters. The van der Waals surface area contributed by atoms with Gasteiger partial charge >= 0.3 is 12.1 Å². The summed E-state index contributed by atoms with van der Waals surface area (Å²) in [5.41, 5.74) is 0.686. The molecular weight excluding hydrogens is 506 g/mol. The van der Waals surface area contributed by atoms with Crippen molar-refractivity contribution < 1.29 is 38.9 Å². The number of hydrogen-bond acceptors (Lipinski definition) is 8. The Morgan fingerprint density at radius 1 is 1.05 bits per heavy atom. The third-order valence-corrected chi connectivity index (χ3v) is 5.63. The lowest BCUT2D eigenvalue weighted by molar-refractivity contribution is -0.145. The quantitative estimate of drug-likeness (QED) is 0.314. The minimum absolute atomic E-state index is 0.0129. The van der Waals surface area contributed by atoms with Crippen LogP contribution in [0.2, 0.25) is 0 Å². The molecular formula is C28H37N3O8. The van der Waals surface area contributed by atoms with Crippen LogP contribution in [0.5, 0.6) is 5.75 Å². The van der Waals surface area contributed by atoms with Gasteiger partial charge in [0, 0.05) is 13.0 Å². The number of benzene rings is 2. The number of esters is 1. The number of phenolic OH excluding ortho intramolecular Hbond substituents is 1. The van der Waals surface area contributed by atoms with Crippen LogP contribution in [0.25, 0.3) is 0 Å². The van der Waals surface area contributed by atoms with Crippen LogP contribution in [0.3, 0.4) is 0 Å². The van der Waals surface area contributed by atoms with E-state index in [-0.39, 0.29) is 18.7 Å². The molecule has 212 valence electrons. The number of carbonyl (C=O) groups excluding carboxylic acids is 4. The summed E-state index contributed by atoms with van der Waals surface area (Å²) < 4.78 is 9.96. The van der Waals surface area contributed by atoms with Crippen LogP contribution >= 0.6 is 0 Å². The zero-order valence-corrected chi connectivity index (χ0v) is 22.9. The molecule has 0 bridgehead atoms. The summed E-state index contributed by atoms with van der Waals surface area (Å²) in [5, 5.41) is 25.0. The number of methoxy groups -OCH3 is 1. The van der Waals surface area contributed by atoms with Gasteiger partial charge in [-0.2, -0.15) is 0 Å². The maximum Gasteiger partial charge on any atom is 0.408 e. The van der Waals surface area contributed by atoms with Gasteiger partial charge in [-0.3, -0.25) is 14.4 Å². The second-order valence-electron chi connectivity index (χ2n) is 9.89. The molecule has 4 N–H and O–H groups in total. The highest BCUT2D eigenvalue weighted by Gasteiger charge is 2.36. The Hall–Kier alpha value is -4.12. The van der Waals surface area contributed by atoms with E-state index in [1.54, 1.807) is 52.0 Å². The SMILES string of the molecule is COC(=O)CNC(=O)C(c1ccc(O)c(C)c1)N(CCO)C(=O)C(Cc1ccccc1)NC(=O)OC(C)(C)C. The number of nitrogens with one attached hydrogen (secondary N) is 2. The molecule has 39 heavy (non-hydrogen) atoms. The number of aliphatic hydroxyl groups is 1. The molecule has 0 heterocycles. The van der Waals surface area contributed by atoms with Gasteiger partial charge in [0.15, 0.2) is 0 Å². The maximum absolute atomic E-state index is 14.0.